The molecule has 0 aromatic heterocycles. The lowest BCUT2D eigenvalue weighted by molar-refractivity contribution is -0.149. The van der Waals surface area contributed by atoms with E-state index in [-0.39, 0.29) is 30.9 Å². The van der Waals surface area contributed by atoms with E-state index in [4.69, 9.17) is 4.74 Å². The molecule has 35 heavy (non-hydrogen) atoms. The second-order valence-corrected chi connectivity index (χ2v) is 10.2. The van der Waals surface area contributed by atoms with E-state index in [1.54, 1.807) is 11.8 Å². The number of hydrogen-bond acceptors (Lipinski definition) is 4. The molecule has 1 aliphatic heterocycles. The Hall–Kier alpha value is -3.35. The van der Waals surface area contributed by atoms with E-state index in [1.165, 1.54) is 11.1 Å². The van der Waals surface area contributed by atoms with Gasteiger partial charge in [0.15, 0.2) is 0 Å². The monoisotopic (exact) mass is 478 g/mol. The van der Waals surface area contributed by atoms with Crippen molar-refractivity contribution in [1.82, 2.24) is 10.2 Å². The summed E-state index contributed by atoms with van der Waals surface area (Å²) in [4.78, 5) is 38.6. The lowest BCUT2D eigenvalue weighted by atomic mass is 9.89. The van der Waals surface area contributed by atoms with Crippen molar-refractivity contribution in [3.63, 3.8) is 0 Å². The van der Waals surface area contributed by atoms with Gasteiger partial charge in [-0.2, -0.15) is 0 Å². The number of carbonyl (C=O) groups excluding carboxylic acids is 2. The van der Waals surface area contributed by atoms with Crippen LogP contribution < -0.4 is 5.32 Å². The summed E-state index contributed by atoms with van der Waals surface area (Å²) in [5, 5.41) is 12.3. The number of carboxylic acid groups (broad SMARTS) is 1. The predicted molar refractivity (Wildman–Crippen MR) is 133 cm³/mol. The Bertz CT molecular complexity index is 1070. The molecule has 2 aliphatic rings. The van der Waals surface area contributed by atoms with Gasteiger partial charge in [0.25, 0.3) is 0 Å². The number of carbonyl (C=O) groups is 3. The van der Waals surface area contributed by atoms with Gasteiger partial charge in [-0.05, 0) is 62.3 Å². The molecule has 2 aromatic rings. The Morgan fingerprint density at radius 3 is 2.26 bits per heavy atom. The van der Waals surface area contributed by atoms with Crippen LogP contribution in [0.2, 0.25) is 0 Å². The van der Waals surface area contributed by atoms with Crippen molar-refractivity contribution >= 4 is 18.0 Å². The van der Waals surface area contributed by atoms with Crippen molar-refractivity contribution in [2.75, 3.05) is 13.2 Å². The first kappa shape index (κ1) is 24.8. The first-order valence-corrected chi connectivity index (χ1v) is 12.3. The number of likely N-dealkylation sites (tertiary alicyclic amines) is 1. The van der Waals surface area contributed by atoms with E-state index in [0.717, 1.165) is 11.1 Å². The number of ether oxygens (including phenoxy) is 1. The van der Waals surface area contributed by atoms with Crippen molar-refractivity contribution in [3.8, 4) is 11.1 Å². The van der Waals surface area contributed by atoms with Gasteiger partial charge in [-0.1, -0.05) is 48.5 Å². The van der Waals surface area contributed by atoms with E-state index in [9.17, 15) is 19.5 Å². The van der Waals surface area contributed by atoms with Gasteiger partial charge in [0, 0.05) is 30.5 Å². The average Bonchev–Trinajstić information content (AvgIpc) is 3.15. The molecule has 0 bridgehead atoms. The molecule has 1 saturated heterocycles. The summed E-state index contributed by atoms with van der Waals surface area (Å²) in [6.07, 6.45) is 1.43. The normalized spacial score (nSPS) is 19.6. The Balaban J connectivity index is 1.31. The van der Waals surface area contributed by atoms with Crippen molar-refractivity contribution in [1.29, 1.82) is 0 Å². The molecule has 2 atom stereocenters. The third-order valence-electron chi connectivity index (χ3n) is 7.37. The molecule has 0 saturated carbocycles. The lowest BCUT2D eigenvalue weighted by Gasteiger charge is -2.38. The van der Waals surface area contributed by atoms with Crippen molar-refractivity contribution < 1.29 is 24.2 Å². The Morgan fingerprint density at radius 2 is 1.66 bits per heavy atom. The van der Waals surface area contributed by atoms with Crippen LogP contribution in [0.4, 0.5) is 4.79 Å². The zero-order chi connectivity index (χ0) is 25.2. The van der Waals surface area contributed by atoms with Crippen LogP contribution in [0.25, 0.3) is 11.1 Å². The number of alkyl carbamates (subject to hydrolysis) is 1. The number of amides is 2. The van der Waals surface area contributed by atoms with Crippen LogP contribution in [0.5, 0.6) is 0 Å². The molecule has 1 heterocycles. The van der Waals surface area contributed by atoms with E-state index in [1.807, 2.05) is 38.1 Å². The molecule has 0 spiro atoms. The molecule has 2 aromatic carbocycles. The number of rotatable bonds is 7. The Morgan fingerprint density at radius 1 is 1.06 bits per heavy atom. The van der Waals surface area contributed by atoms with Gasteiger partial charge in [0.1, 0.15) is 6.61 Å². The molecule has 186 valence electrons. The number of benzene rings is 2. The van der Waals surface area contributed by atoms with Crippen LogP contribution in [-0.4, -0.2) is 52.7 Å². The molecular weight excluding hydrogens is 444 g/mol. The maximum absolute atomic E-state index is 12.8. The fraction of sp³-hybridized carbons (Fsp3) is 0.464. The molecule has 4 rings (SSSR count). The third kappa shape index (κ3) is 5.34. The minimum atomic E-state index is -0.854. The van der Waals surface area contributed by atoms with Gasteiger partial charge >= 0.3 is 12.1 Å². The molecule has 0 radical (unpaired) electrons. The van der Waals surface area contributed by atoms with E-state index in [0.29, 0.717) is 25.8 Å². The van der Waals surface area contributed by atoms with Gasteiger partial charge in [-0.3, -0.25) is 9.59 Å². The fourth-order valence-electron chi connectivity index (χ4n) is 5.36. The smallest absolute Gasteiger partial charge is 0.407 e. The highest BCUT2D eigenvalue weighted by molar-refractivity contribution is 5.80. The van der Waals surface area contributed by atoms with Crippen molar-refractivity contribution in [2.45, 2.75) is 64.0 Å². The number of carboxylic acids is 1. The van der Waals surface area contributed by atoms with Gasteiger partial charge < -0.3 is 20.1 Å². The SMILES string of the molecule is C[C@@H]1[C@H](C(=O)O)CCCN1C(=O)CCC(C)(C)NC(=O)OCC1c2ccccc2-c2ccccc21. The van der Waals surface area contributed by atoms with Crippen molar-refractivity contribution in [2.24, 2.45) is 5.92 Å². The first-order chi connectivity index (χ1) is 16.7. The summed E-state index contributed by atoms with van der Waals surface area (Å²) in [6.45, 7) is 6.33. The maximum Gasteiger partial charge on any atom is 0.407 e. The molecule has 7 nitrogen and oxygen atoms in total. The van der Waals surface area contributed by atoms with Gasteiger partial charge in [0.2, 0.25) is 5.91 Å². The second kappa shape index (κ2) is 10.1. The molecular formula is C28H34N2O5. The van der Waals surface area contributed by atoms with Crippen LogP contribution >= 0.6 is 0 Å². The zero-order valence-corrected chi connectivity index (χ0v) is 20.6. The largest absolute Gasteiger partial charge is 0.481 e. The minimum Gasteiger partial charge on any atom is -0.481 e. The first-order valence-electron chi connectivity index (χ1n) is 12.3. The number of nitrogens with zero attached hydrogens (tertiary/aromatic N) is 1. The van der Waals surface area contributed by atoms with Crippen molar-refractivity contribution in [3.05, 3.63) is 59.7 Å². The van der Waals surface area contributed by atoms with Crippen LogP contribution in [0, 0.1) is 5.92 Å². The zero-order valence-electron chi connectivity index (χ0n) is 20.6. The quantitative estimate of drug-likeness (QED) is 0.596. The van der Waals surface area contributed by atoms with Gasteiger partial charge in [-0.25, -0.2) is 4.79 Å². The van der Waals surface area contributed by atoms with Crippen LogP contribution in [0.15, 0.2) is 48.5 Å². The standard InChI is InChI=1S/C28H34N2O5/c1-18-19(26(32)33)13-8-16-30(18)25(31)14-15-28(2,3)29-27(34)35-17-24-22-11-6-4-9-20(22)21-10-5-7-12-23(21)24/h4-7,9-12,18-19,24H,8,13-17H2,1-3H3,(H,29,34)(H,32,33)/t18-,19-/m1/s1. The number of aliphatic carboxylic acids is 1. The second-order valence-electron chi connectivity index (χ2n) is 10.2. The molecule has 7 heteroatoms. The van der Waals surface area contributed by atoms with E-state index < -0.39 is 23.5 Å². The molecule has 0 unspecified atom stereocenters. The number of nitrogens with one attached hydrogen (secondary N) is 1. The van der Waals surface area contributed by atoms with Crippen LogP contribution in [-0.2, 0) is 14.3 Å². The molecule has 1 aliphatic carbocycles. The molecule has 2 amide bonds. The predicted octanol–water partition coefficient (Wildman–Crippen LogP) is 4.80. The average molecular weight is 479 g/mol. The highest BCUT2D eigenvalue weighted by Crippen LogP contribution is 2.44. The van der Waals surface area contributed by atoms with E-state index >= 15 is 0 Å². The van der Waals surface area contributed by atoms with Gasteiger partial charge in [-0.15, -0.1) is 0 Å². The van der Waals surface area contributed by atoms with Crippen LogP contribution in [0.1, 0.15) is 63.5 Å². The number of fused-ring (bicyclic) bond motifs is 3. The Labute approximate surface area is 206 Å². The summed E-state index contributed by atoms with van der Waals surface area (Å²) in [6, 6.07) is 16.0. The highest BCUT2D eigenvalue weighted by Gasteiger charge is 2.36. The summed E-state index contributed by atoms with van der Waals surface area (Å²) in [7, 11) is 0. The van der Waals surface area contributed by atoms with Crippen LogP contribution in [0.3, 0.4) is 0 Å². The third-order valence-corrected chi connectivity index (χ3v) is 7.37. The summed E-state index contributed by atoms with van der Waals surface area (Å²) < 4.78 is 5.65. The number of piperidine rings is 1. The molecule has 2 N–H and O–H groups in total. The molecule has 1 fully saturated rings. The maximum atomic E-state index is 12.8. The highest BCUT2D eigenvalue weighted by atomic mass is 16.5. The summed E-state index contributed by atoms with van der Waals surface area (Å²) in [5.41, 5.74) is 4.01. The van der Waals surface area contributed by atoms with Gasteiger partial charge in [0.05, 0.1) is 5.92 Å². The Kier molecular flexibility index (Phi) is 7.15. The lowest BCUT2D eigenvalue weighted by Crippen LogP contribution is -2.50. The number of hydrogen-bond donors (Lipinski definition) is 2. The minimum absolute atomic E-state index is 0.0133. The topological polar surface area (TPSA) is 95.9 Å². The fourth-order valence-corrected chi connectivity index (χ4v) is 5.36. The van der Waals surface area contributed by atoms with E-state index in [2.05, 4.69) is 29.6 Å². The summed E-state index contributed by atoms with van der Waals surface area (Å²) >= 11 is 0. The summed E-state index contributed by atoms with van der Waals surface area (Å²) in [5.74, 6) is -1.47.